The van der Waals surface area contributed by atoms with E-state index in [9.17, 15) is 57.9 Å². The molecular weight excluding hydrogens is 1010 g/mol. The Morgan fingerprint density at radius 3 is 2.01 bits per heavy atom. The van der Waals surface area contributed by atoms with Crippen LogP contribution in [-0.2, 0) is 50.7 Å². The first-order chi connectivity index (χ1) is 33.6. The summed E-state index contributed by atoms with van der Waals surface area (Å²) in [5.74, 6) is -1.11. The molecule has 0 aliphatic carbocycles. The molecule has 3 rings (SSSR count). The summed E-state index contributed by atoms with van der Waals surface area (Å²) in [6.07, 6.45) is 24.9. The van der Waals surface area contributed by atoms with Gasteiger partial charge in [0.2, 0.25) is 11.8 Å². The molecule has 1 saturated heterocycles. The van der Waals surface area contributed by atoms with E-state index in [4.69, 9.17) is 19.5 Å². The van der Waals surface area contributed by atoms with Gasteiger partial charge in [-0.2, -0.15) is 4.31 Å². The Labute approximate surface area is 416 Å². The molecule has 0 radical (unpaired) electrons. The van der Waals surface area contributed by atoms with E-state index in [0.717, 1.165) is 67.5 Å². The lowest BCUT2D eigenvalue weighted by atomic mass is 9.87. The number of fused-ring (bicyclic) bond motifs is 1. The fourth-order valence-electron chi connectivity index (χ4n) is 6.21. The molecule has 10 N–H and O–H groups in total. The van der Waals surface area contributed by atoms with E-state index in [1.165, 1.54) is 13.8 Å². The summed E-state index contributed by atoms with van der Waals surface area (Å²) in [4.78, 5) is 88.4. The third-order valence-electron chi connectivity index (χ3n) is 9.88. The maximum atomic E-state index is 12.7. The van der Waals surface area contributed by atoms with Crippen molar-refractivity contribution < 1.29 is 80.5 Å². The second-order valence-electron chi connectivity index (χ2n) is 16.2. The van der Waals surface area contributed by atoms with Crippen LogP contribution < -0.4 is 16.4 Å². The van der Waals surface area contributed by atoms with Crippen molar-refractivity contribution >= 4 is 69.1 Å². The fourth-order valence-corrected chi connectivity index (χ4v) is 9.73. The van der Waals surface area contributed by atoms with E-state index >= 15 is 0 Å². The standard InChI is InChI=1S/C43H66N7O17P3S/c1-4-5-6-7-8-9-10-11-12-13-14-15-16-17-18-19-20-21-22-23-34(52)71-27-26-45-33(51)24-25-46-41(55)38(54)43(2,3)29-64-70(61,62)67-69(59,60)63-28-32-37(66-68(56,57)58)36(53)42(65-32)50-31-49-35-39(44)47-30-48-40(35)50/h5-6,8-9,11-12,14-15,17-18,20-21,30-32,36-38,42,53-54H,4,7,10,13,16,19,22-29H2,1-3H3,(H,45,51)(H,46,55)(H,59,60)(H,61,62)(H2,44,47,48)(H2,56,57,58)/b6-5-,9-8-,12-11-,15-14-,18-17-,21-20-/t32-,36+,37+,38-,42-/m0/s1. The molecule has 2 aromatic rings. The van der Waals surface area contributed by atoms with Gasteiger partial charge < -0.3 is 50.9 Å². The molecule has 1 fully saturated rings. The Hall–Kier alpha value is -4.00. The van der Waals surface area contributed by atoms with Gasteiger partial charge in [-0.1, -0.05) is 105 Å². The number of hydrogen-bond donors (Lipinski definition) is 9. The highest BCUT2D eigenvalue weighted by Crippen LogP contribution is 2.61. The van der Waals surface area contributed by atoms with Gasteiger partial charge >= 0.3 is 23.5 Å². The van der Waals surface area contributed by atoms with E-state index in [2.05, 4.69) is 102 Å². The highest BCUT2D eigenvalue weighted by atomic mass is 32.2. The zero-order valence-corrected chi connectivity index (χ0v) is 43.2. The second kappa shape index (κ2) is 30.9. The van der Waals surface area contributed by atoms with Crippen molar-refractivity contribution in [3.8, 4) is 0 Å². The van der Waals surface area contributed by atoms with Crippen LogP contribution in [0.4, 0.5) is 5.82 Å². The number of carbonyl (C=O) groups is 3. The zero-order chi connectivity index (χ0) is 52.5. The Morgan fingerprint density at radius 1 is 0.845 bits per heavy atom. The number of rotatable bonds is 33. The number of thioether (sulfide) groups is 1. The number of amides is 2. The maximum Gasteiger partial charge on any atom is 0.481 e. The summed E-state index contributed by atoms with van der Waals surface area (Å²) in [5.41, 5.74) is 4.27. The zero-order valence-electron chi connectivity index (χ0n) is 39.7. The number of nitrogens with one attached hydrogen (secondary N) is 2. The predicted octanol–water partition coefficient (Wildman–Crippen LogP) is 5.14. The molecule has 2 unspecified atom stereocenters. The minimum Gasteiger partial charge on any atom is -0.386 e. The van der Waals surface area contributed by atoms with Crippen molar-refractivity contribution in [2.75, 3.05) is 37.8 Å². The van der Waals surface area contributed by atoms with Crippen LogP contribution in [0.5, 0.6) is 0 Å². The third kappa shape index (κ3) is 23.6. The molecule has 24 nitrogen and oxygen atoms in total. The number of phosphoric acid groups is 3. The number of hydrogen-bond acceptors (Lipinski definition) is 18. The topological polar surface area (TPSA) is 364 Å². The number of imidazole rings is 1. The number of allylic oxidation sites excluding steroid dienone is 12. The van der Waals surface area contributed by atoms with E-state index in [1.54, 1.807) is 0 Å². The Kier molecular flexibility index (Phi) is 26.7. The summed E-state index contributed by atoms with van der Waals surface area (Å²) >= 11 is 1.09. The quantitative estimate of drug-likeness (QED) is 0.0254. The molecule has 7 atom stereocenters. The lowest BCUT2D eigenvalue weighted by Gasteiger charge is -2.30. The minimum absolute atomic E-state index is 0.0179. The average Bonchev–Trinajstić information content (AvgIpc) is 3.86. The number of phosphoric ester groups is 3. The number of aliphatic hydroxyl groups excluding tert-OH is 2. The number of aliphatic hydroxyl groups is 2. The molecule has 0 bridgehead atoms. The lowest BCUT2D eigenvalue weighted by Crippen LogP contribution is -2.46. The molecule has 71 heavy (non-hydrogen) atoms. The number of ether oxygens (including phenoxy) is 1. The van der Waals surface area contributed by atoms with Crippen LogP contribution >= 0.6 is 35.2 Å². The van der Waals surface area contributed by atoms with Gasteiger partial charge in [0.1, 0.15) is 36.3 Å². The molecule has 0 saturated carbocycles. The SMILES string of the molecule is CC/C=C\C/C=C\C/C=C\C/C=C\C/C=C\C/C=C\CCC(=O)SCCNC(=O)CCNC(=O)[C@H](O)C(C)(C)COP(=O)(O)OP(=O)(O)OC[C@@H]1O[C@H](n2cnc3c(N)ncnc32)[C@H](O)[C@@H]1OP(=O)(O)O. The Bertz CT molecular complexity index is 2360. The van der Waals surface area contributed by atoms with Crippen molar-refractivity contribution in [3.05, 3.63) is 85.6 Å². The van der Waals surface area contributed by atoms with Gasteiger partial charge in [-0.25, -0.2) is 28.6 Å². The number of aromatic nitrogens is 4. The average molecular weight is 1080 g/mol. The first-order valence-corrected chi connectivity index (χ1v) is 28.0. The van der Waals surface area contributed by atoms with Crippen LogP contribution in [0.15, 0.2) is 85.6 Å². The van der Waals surface area contributed by atoms with Crippen LogP contribution in [0.25, 0.3) is 11.2 Å². The first-order valence-electron chi connectivity index (χ1n) is 22.5. The highest BCUT2D eigenvalue weighted by molar-refractivity contribution is 8.13. The molecule has 28 heteroatoms. The summed E-state index contributed by atoms with van der Waals surface area (Å²) in [5, 5.41) is 26.6. The van der Waals surface area contributed by atoms with Crippen LogP contribution in [-0.4, -0.2) is 123 Å². The van der Waals surface area contributed by atoms with Gasteiger partial charge in [-0.3, -0.25) is 32.5 Å². The van der Waals surface area contributed by atoms with Gasteiger partial charge in [-0.05, 0) is 44.9 Å². The molecule has 3 heterocycles. The molecule has 1 aliphatic rings. The molecule has 0 spiro atoms. The molecule has 1 aliphatic heterocycles. The van der Waals surface area contributed by atoms with Crippen molar-refractivity contribution in [1.29, 1.82) is 0 Å². The molecule has 2 aromatic heterocycles. The summed E-state index contributed by atoms with van der Waals surface area (Å²) in [6.45, 7) is 2.61. The smallest absolute Gasteiger partial charge is 0.386 e. The van der Waals surface area contributed by atoms with Crippen molar-refractivity contribution in [2.45, 2.75) is 109 Å². The summed E-state index contributed by atoms with van der Waals surface area (Å²) < 4.78 is 62.4. The first kappa shape index (κ1) is 61.3. The van der Waals surface area contributed by atoms with Gasteiger partial charge in [0.25, 0.3) is 0 Å². The van der Waals surface area contributed by atoms with Crippen LogP contribution in [0.1, 0.15) is 84.8 Å². The molecule has 0 aromatic carbocycles. The maximum absolute atomic E-state index is 12.7. The Balaban J connectivity index is 1.29. The van der Waals surface area contributed by atoms with E-state index in [-0.39, 0.29) is 41.6 Å². The van der Waals surface area contributed by atoms with E-state index in [1.807, 2.05) is 12.2 Å². The minimum atomic E-state index is -5.58. The fraction of sp³-hybridized carbons (Fsp3) is 0.535. The normalized spacial score (nSPS) is 20.3. The van der Waals surface area contributed by atoms with Gasteiger partial charge in [0.15, 0.2) is 22.8 Å². The third-order valence-corrected chi connectivity index (χ3v) is 13.9. The van der Waals surface area contributed by atoms with E-state index < -0.39 is 84.6 Å². The number of nitrogens with zero attached hydrogens (tertiary/aromatic N) is 4. The number of anilines is 1. The van der Waals surface area contributed by atoms with Crippen LogP contribution in [0.3, 0.4) is 0 Å². The van der Waals surface area contributed by atoms with Crippen LogP contribution in [0.2, 0.25) is 0 Å². The van der Waals surface area contributed by atoms with E-state index in [0.29, 0.717) is 18.6 Å². The van der Waals surface area contributed by atoms with Crippen molar-refractivity contribution in [2.24, 2.45) is 5.41 Å². The monoisotopic (exact) mass is 1080 g/mol. The second-order valence-corrected chi connectivity index (χ2v) is 21.6. The number of nitrogen functional groups attached to an aromatic ring is 1. The van der Waals surface area contributed by atoms with Crippen molar-refractivity contribution in [3.63, 3.8) is 0 Å². The summed E-state index contributed by atoms with van der Waals surface area (Å²) in [7, 11) is -16.4. The molecule has 396 valence electrons. The molecule has 2 amide bonds. The Morgan fingerprint density at radius 2 is 1.42 bits per heavy atom. The highest BCUT2D eigenvalue weighted by Gasteiger charge is 2.50. The largest absolute Gasteiger partial charge is 0.481 e. The van der Waals surface area contributed by atoms with Gasteiger partial charge in [0.05, 0.1) is 19.5 Å². The molecular formula is C43H66N7O17P3S. The van der Waals surface area contributed by atoms with Crippen molar-refractivity contribution in [1.82, 2.24) is 30.2 Å². The number of carbonyl (C=O) groups excluding carboxylic acids is 3. The van der Waals surface area contributed by atoms with Gasteiger partial charge in [0, 0.05) is 37.1 Å². The van der Waals surface area contributed by atoms with Crippen LogP contribution in [0, 0.1) is 5.41 Å². The predicted molar refractivity (Wildman–Crippen MR) is 265 cm³/mol. The number of nitrogens with two attached hydrogens (primary N) is 1. The van der Waals surface area contributed by atoms with Gasteiger partial charge in [-0.15, -0.1) is 0 Å². The lowest BCUT2D eigenvalue weighted by molar-refractivity contribution is -0.137. The summed E-state index contributed by atoms with van der Waals surface area (Å²) in [6, 6.07) is 0.